The number of carboxylic acid groups (broad SMARTS) is 2. The van der Waals surface area contributed by atoms with Crippen LogP contribution in [0, 0.1) is 5.92 Å². The molecule has 12 N–H and O–H groups in total. The zero-order valence-electron chi connectivity index (χ0n) is 37.6. The minimum atomic E-state index is -1.41. The quantitative estimate of drug-likeness (QED) is 0.0671. The number of aliphatic carboxylic acids is 1. The first-order valence-corrected chi connectivity index (χ1v) is 19.3. The fourth-order valence-corrected chi connectivity index (χ4v) is 3.58. The number of benzene rings is 1. The van der Waals surface area contributed by atoms with Crippen molar-refractivity contribution in [1.29, 1.82) is 0 Å². The number of primary amides is 1. The molecule has 1 aromatic rings. The first kappa shape index (κ1) is 66.6. The molecule has 1 rings (SSSR count). The van der Waals surface area contributed by atoms with Gasteiger partial charge < -0.3 is 67.8 Å². The summed E-state index contributed by atoms with van der Waals surface area (Å²) < 4.78 is 4.90. The van der Waals surface area contributed by atoms with E-state index >= 15 is 0 Å². The molecule has 0 aliphatic heterocycles. The smallest absolute Gasteiger partial charge is 0.312 e. The van der Waals surface area contributed by atoms with Crippen molar-refractivity contribution < 1.29 is 68.0 Å². The van der Waals surface area contributed by atoms with Crippen LogP contribution >= 0.6 is 0 Å². The molecule has 0 aliphatic rings. The van der Waals surface area contributed by atoms with E-state index in [2.05, 4.69) is 37.2 Å². The molecule has 2 atom stereocenters. The summed E-state index contributed by atoms with van der Waals surface area (Å²) in [5.74, 6) is -5.49. The first-order chi connectivity index (χ1) is 28.8. The van der Waals surface area contributed by atoms with Crippen LogP contribution in [0.3, 0.4) is 0 Å². The highest BCUT2D eigenvalue weighted by Crippen LogP contribution is 2.10. The summed E-state index contributed by atoms with van der Waals surface area (Å²) in [5, 5.41) is 40.4. The van der Waals surface area contributed by atoms with Crippen LogP contribution in [0.15, 0.2) is 24.3 Å². The van der Waals surface area contributed by atoms with E-state index in [1.165, 1.54) is 13.8 Å². The molecule has 0 bridgehead atoms. The van der Waals surface area contributed by atoms with Gasteiger partial charge in [-0.05, 0) is 37.0 Å². The molecule has 0 aromatic heterocycles. The third-order valence-corrected chi connectivity index (χ3v) is 6.04. The number of hydrogen-bond acceptors (Lipinski definition) is 13. The van der Waals surface area contributed by atoms with Crippen LogP contribution in [0.4, 0.5) is 10.5 Å². The number of rotatable bonds is 19. The summed E-state index contributed by atoms with van der Waals surface area (Å²) >= 11 is 0. The number of aliphatic hydroxyl groups excluding tert-OH is 1. The lowest BCUT2D eigenvalue weighted by molar-refractivity contribution is -0.142. The van der Waals surface area contributed by atoms with E-state index in [0.29, 0.717) is 12.2 Å². The lowest BCUT2D eigenvalue weighted by Crippen LogP contribution is -2.55. The van der Waals surface area contributed by atoms with Gasteiger partial charge in [0.25, 0.3) is 6.47 Å². The van der Waals surface area contributed by atoms with E-state index in [1.54, 1.807) is 38.1 Å². The van der Waals surface area contributed by atoms with Gasteiger partial charge in [0.1, 0.15) is 25.0 Å². The number of nitrogens with two attached hydrogens (primary N) is 1. The summed E-state index contributed by atoms with van der Waals surface area (Å²) in [5.41, 5.74) is 5.91. The Hall–Kier alpha value is -6.16. The number of carbonyl (C=O) groups excluding carboxylic acids is 8. The van der Waals surface area contributed by atoms with Crippen LogP contribution in [0.25, 0.3) is 0 Å². The second kappa shape index (κ2) is 46.5. The SMILES string of the molecule is CC.CC.CC(=O)OCc1ccc(NC(=O)CNC(=O)C(NC(=O)CNC(=O)C(CC(=O)O)NC(=O)CNC(C)C)C(C)C)cc1.CC=O.CCCNC(N)=O.CO.O=CO. The van der Waals surface area contributed by atoms with Crippen molar-refractivity contribution in [3.8, 4) is 0 Å². The van der Waals surface area contributed by atoms with Gasteiger partial charge in [-0.3, -0.25) is 38.4 Å². The van der Waals surface area contributed by atoms with Gasteiger partial charge >= 0.3 is 18.0 Å². The summed E-state index contributed by atoms with van der Waals surface area (Å²) in [4.78, 5) is 111. The minimum Gasteiger partial charge on any atom is -0.483 e. The molecule has 0 aliphatic carbocycles. The number of esters is 1. The monoisotopic (exact) mass is 877 g/mol. The van der Waals surface area contributed by atoms with Crippen molar-refractivity contribution in [3.63, 3.8) is 0 Å². The van der Waals surface area contributed by atoms with Crippen molar-refractivity contribution in [2.45, 2.75) is 114 Å². The summed E-state index contributed by atoms with van der Waals surface area (Å²) in [7, 11) is 1.00. The van der Waals surface area contributed by atoms with Crippen molar-refractivity contribution in [2.75, 3.05) is 38.6 Å². The van der Waals surface area contributed by atoms with Crippen LogP contribution in [-0.4, -0.2) is 127 Å². The maximum atomic E-state index is 12.7. The fourth-order valence-electron chi connectivity index (χ4n) is 3.58. The minimum absolute atomic E-state index is 0.00926. The number of aldehydes is 1. The molecule has 0 saturated heterocycles. The maximum Gasteiger partial charge on any atom is 0.312 e. The Labute approximate surface area is 359 Å². The van der Waals surface area contributed by atoms with Crippen LogP contribution in [0.1, 0.15) is 94.6 Å². The molecule has 0 heterocycles. The molecular formula is C39H72N8O14. The number of urea groups is 1. The molecule has 0 spiro atoms. The molecule has 0 radical (unpaired) electrons. The summed E-state index contributed by atoms with van der Waals surface area (Å²) in [6.07, 6.45) is 0.987. The molecule has 2 unspecified atom stereocenters. The number of nitrogens with one attached hydrogen (secondary N) is 7. The summed E-state index contributed by atoms with van der Waals surface area (Å²) in [6, 6.07) is 3.65. The van der Waals surface area contributed by atoms with Crippen molar-refractivity contribution >= 4 is 66.0 Å². The van der Waals surface area contributed by atoms with Gasteiger partial charge in [-0.2, -0.15) is 0 Å². The largest absolute Gasteiger partial charge is 0.483 e. The van der Waals surface area contributed by atoms with Crippen molar-refractivity contribution in [2.24, 2.45) is 11.7 Å². The van der Waals surface area contributed by atoms with Crippen LogP contribution in [0.5, 0.6) is 0 Å². The zero-order valence-corrected chi connectivity index (χ0v) is 37.6. The molecule has 61 heavy (non-hydrogen) atoms. The van der Waals surface area contributed by atoms with Gasteiger partial charge in [0.15, 0.2) is 0 Å². The van der Waals surface area contributed by atoms with Gasteiger partial charge in [0.05, 0.1) is 26.1 Å². The lowest BCUT2D eigenvalue weighted by Gasteiger charge is -2.22. The molecule has 22 nitrogen and oxygen atoms in total. The van der Waals surface area contributed by atoms with Gasteiger partial charge in [0, 0.05) is 32.3 Å². The predicted molar refractivity (Wildman–Crippen MR) is 230 cm³/mol. The third kappa shape index (κ3) is 46.4. The lowest BCUT2D eigenvalue weighted by atomic mass is 10.0. The summed E-state index contributed by atoms with van der Waals surface area (Å²) in [6.45, 7) is 19.1. The zero-order chi connectivity index (χ0) is 48.9. The van der Waals surface area contributed by atoms with Crippen LogP contribution < -0.4 is 43.0 Å². The Balaban J connectivity index is -0.000000336. The normalized spacial score (nSPS) is 9.95. The van der Waals surface area contributed by atoms with E-state index in [-0.39, 0.29) is 38.1 Å². The van der Waals surface area contributed by atoms with E-state index in [4.69, 9.17) is 35.4 Å². The van der Waals surface area contributed by atoms with Gasteiger partial charge in [0.2, 0.25) is 29.5 Å². The van der Waals surface area contributed by atoms with Crippen molar-refractivity contribution in [1.82, 2.24) is 31.9 Å². The van der Waals surface area contributed by atoms with Crippen molar-refractivity contribution in [3.05, 3.63) is 29.8 Å². The number of amides is 7. The molecule has 22 heteroatoms. The highest BCUT2D eigenvalue weighted by Gasteiger charge is 2.27. The maximum absolute atomic E-state index is 12.7. The average molecular weight is 877 g/mol. The fraction of sp³-hybridized carbons (Fsp3) is 0.590. The molecule has 0 fully saturated rings. The van der Waals surface area contributed by atoms with Gasteiger partial charge in [-0.15, -0.1) is 0 Å². The molecule has 1 aromatic carbocycles. The molecule has 7 amide bonds. The standard InChI is InChI=1S/C27H40N6O9.C4H10N2O.C2H4O.2C2H6.CH2O2.CH4O/c1-15(2)25(27(41)30-12-21(35)31-19-8-6-18(7-9-19)14-42-17(5)34)33-23(37)13-29-26(40)20(10-24(38)39)32-22(36)11-28-16(3)4;1-2-3-6-4(5)7;1-2-3;2*1-2;2-1-3;1-2/h6-9,15-16,20,25,28H,10-14H2,1-5H3,(H,29,40)(H,30,41)(H,31,35)(H,32,36)(H,33,37)(H,38,39);2-3H2,1H3,(H3,5,6,7);2H,1H3;2*1-2H3;1H,(H,2,3);2H,1H3. The predicted octanol–water partition coefficient (Wildman–Crippen LogP) is 0.651. The first-order valence-electron chi connectivity index (χ1n) is 19.3. The number of hydrogen-bond donors (Lipinski definition) is 11. The van der Waals surface area contributed by atoms with Gasteiger partial charge in [-0.25, -0.2) is 4.79 Å². The Morgan fingerprint density at radius 1 is 0.770 bits per heavy atom. The average Bonchev–Trinajstić information content (AvgIpc) is 3.21. The van der Waals surface area contributed by atoms with E-state index in [9.17, 15) is 38.4 Å². The van der Waals surface area contributed by atoms with E-state index < -0.39 is 72.6 Å². The highest BCUT2D eigenvalue weighted by atomic mass is 16.5. The number of carboxylic acids is 1. The number of carbonyl (C=O) groups is 10. The number of ether oxygens (including phenoxy) is 1. The Kier molecular flexibility index (Phi) is 50.8. The third-order valence-electron chi connectivity index (χ3n) is 6.04. The van der Waals surface area contributed by atoms with E-state index in [0.717, 1.165) is 25.4 Å². The van der Waals surface area contributed by atoms with Crippen LogP contribution in [0.2, 0.25) is 0 Å². The number of anilines is 1. The van der Waals surface area contributed by atoms with E-state index in [1.807, 2.05) is 48.5 Å². The van der Waals surface area contributed by atoms with Crippen LogP contribution in [-0.2, 0) is 54.5 Å². The second-order valence-electron chi connectivity index (χ2n) is 11.6. The molecule has 0 saturated carbocycles. The molecule has 352 valence electrons. The van der Waals surface area contributed by atoms with Gasteiger partial charge in [-0.1, -0.05) is 74.4 Å². The second-order valence-corrected chi connectivity index (χ2v) is 11.6. The topological polar surface area (TPSA) is 351 Å². The Morgan fingerprint density at radius 3 is 1.62 bits per heavy atom. The Bertz CT molecular complexity index is 1370. The highest BCUT2D eigenvalue weighted by molar-refractivity contribution is 5.97. The Morgan fingerprint density at radius 2 is 1.23 bits per heavy atom. The number of aliphatic hydroxyl groups is 1. The molecular weight excluding hydrogens is 804 g/mol.